The normalized spacial score (nSPS) is 11.7. The first-order valence-corrected chi connectivity index (χ1v) is 15.7. The van der Waals surface area contributed by atoms with Crippen molar-refractivity contribution in [3.63, 3.8) is 0 Å². The quantitative estimate of drug-likeness (QED) is 0.0592. The fourth-order valence-corrected chi connectivity index (χ4v) is 5.82. The maximum absolute atomic E-state index is 13.4. The van der Waals surface area contributed by atoms with E-state index >= 15 is 0 Å². The van der Waals surface area contributed by atoms with Crippen molar-refractivity contribution in [2.45, 2.75) is 17.1 Å². The summed E-state index contributed by atoms with van der Waals surface area (Å²) in [5.41, 5.74) is 2.26. The van der Waals surface area contributed by atoms with E-state index in [0.717, 1.165) is 16.2 Å². The third-order valence-electron chi connectivity index (χ3n) is 6.56. The largest absolute Gasteiger partial charge is 0.321 e. The number of carbonyl (C=O) groups is 3. The first-order valence-electron chi connectivity index (χ1n) is 14.0. The Balaban J connectivity index is 1.25. The van der Waals surface area contributed by atoms with Crippen molar-refractivity contribution in [3.05, 3.63) is 142 Å². The number of nitrogens with one attached hydrogen (secondary N) is 3. The molecule has 0 spiro atoms. The van der Waals surface area contributed by atoms with Crippen LogP contribution >= 0.6 is 23.1 Å². The maximum Gasteiger partial charge on any atom is 0.276 e. The molecular formula is C34H27N5O5S2. The molecule has 3 N–H and O–H groups in total. The van der Waals surface area contributed by atoms with Crippen LogP contribution in [-0.4, -0.2) is 32.9 Å². The third kappa shape index (κ3) is 8.31. The van der Waals surface area contributed by atoms with E-state index < -0.39 is 22.0 Å². The lowest BCUT2D eigenvalue weighted by atomic mass is 10.1. The first kappa shape index (κ1) is 31.8. The van der Waals surface area contributed by atoms with Gasteiger partial charge in [-0.1, -0.05) is 60.7 Å². The number of carbonyl (C=O) groups excluding carboxylic acids is 3. The highest BCUT2D eigenvalue weighted by molar-refractivity contribution is 8.00. The molecular weight excluding hydrogens is 623 g/mol. The van der Waals surface area contributed by atoms with Gasteiger partial charge < -0.3 is 16.0 Å². The second-order valence-corrected chi connectivity index (χ2v) is 12.1. The fourth-order valence-electron chi connectivity index (χ4n) is 4.23. The van der Waals surface area contributed by atoms with E-state index in [1.54, 1.807) is 67.6 Å². The number of para-hydroxylation sites is 1. The average molecular weight is 650 g/mol. The summed E-state index contributed by atoms with van der Waals surface area (Å²) in [5.74, 6) is -1.42. The number of thiazole rings is 1. The molecule has 230 valence electrons. The number of hydrogen-bond donors (Lipinski definition) is 3. The van der Waals surface area contributed by atoms with Gasteiger partial charge in [0.1, 0.15) is 5.70 Å². The van der Waals surface area contributed by atoms with Crippen molar-refractivity contribution in [2.75, 3.05) is 10.6 Å². The van der Waals surface area contributed by atoms with Gasteiger partial charge in [0.25, 0.3) is 17.5 Å². The Kier molecular flexibility index (Phi) is 10.3. The Bertz CT molecular complexity index is 1890. The van der Waals surface area contributed by atoms with Crippen LogP contribution in [0.25, 0.3) is 17.3 Å². The molecule has 0 fully saturated rings. The van der Waals surface area contributed by atoms with Gasteiger partial charge in [0.2, 0.25) is 5.91 Å². The van der Waals surface area contributed by atoms with Gasteiger partial charge in [-0.25, -0.2) is 4.98 Å². The molecule has 1 unspecified atom stereocenters. The van der Waals surface area contributed by atoms with Crippen molar-refractivity contribution < 1.29 is 19.3 Å². The van der Waals surface area contributed by atoms with Crippen molar-refractivity contribution >= 4 is 63.4 Å². The van der Waals surface area contributed by atoms with Crippen molar-refractivity contribution in [2.24, 2.45) is 0 Å². The standard InChI is InChI=1S/C34H27N5O5S2/c1-22(31(40)38-34-37-29(21-45-34)23-10-4-2-5-11-23)46-27-18-16-26(17-19-27)35-33(42)28(36-32(41)24-12-6-3-7-13-24)20-25-14-8-9-15-30(25)39(43)44/h2-22H,1H3,(H,35,42)(H,36,41)(H,37,38,40)/b28-20-. The zero-order chi connectivity index (χ0) is 32.5. The summed E-state index contributed by atoms with van der Waals surface area (Å²) >= 11 is 2.69. The molecule has 5 rings (SSSR count). The third-order valence-corrected chi connectivity index (χ3v) is 8.43. The number of nitro groups is 1. The molecule has 5 aromatic rings. The predicted octanol–water partition coefficient (Wildman–Crippen LogP) is 7.25. The van der Waals surface area contributed by atoms with Gasteiger partial charge in [-0.05, 0) is 55.5 Å². The van der Waals surface area contributed by atoms with Crippen LogP contribution in [0.2, 0.25) is 0 Å². The number of thioether (sulfide) groups is 1. The van der Waals surface area contributed by atoms with Crippen molar-refractivity contribution in [3.8, 4) is 11.3 Å². The molecule has 1 aromatic heterocycles. The van der Waals surface area contributed by atoms with E-state index in [-0.39, 0.29) is 22.9 Å². The lowest BCUT2D eigenvalue weighted by molar-refractivity contribution is -0.385. The second kappa shape index (κ2) is 14.9. The lowest BCUT2D eigenvalue weighted by Gasteiger charge is -2.13. The summed E-state index contributed by atoms with van der Waals surface area (Å²) in [7, 11) is 0. The summed E-state index contributed by atoms with van der Waals surface area (Å²) in [6.07, 6.45) is 1.27. The Labute approximate surface area is 272 Å². The van der Waals surface area contributed by atoms with E-state index in [1.807, 2.05) is 35.7 Å². The second-order valence-electron chi connectivity index (χ2n) is 9.83. The minimum atomic E-state index is -0.672. The minimum absolute atomic E-state index is 0.152. The monoisotopic (exact) mass is 649 g/mol. The van der Waals surface area contributed by atoms with Crippen LogP contribution in [0.15, 0.2) is 125 Å². The van der Waals surface area contributed by atoms with Crippen LogP contribution in [0.4, 0.5) is 16.5 Å². The number of anilines is 2. The number of rotatable bonds is 11. The Morgan fingerprint density at radius 3 is 2.22 bits per heavy atom. The van der Waals surface area contributed by atoms with Gasteiger partial charge in [-0.3, -0.25) is 24.5 Å². The van der Waals surface area contributed by atoms with E-state index in [1.165, 1.54) is 47.4 Å². The summed E-state index contributed by atoms with van der Waals surface area (Å²) in [6, 6.07) is 30.8. The van der Waals surface area contributed by atoms with Gasteiger partial charge in [0.15, 0.2) is 5.13 Å². The summed E-state index contributed by atoms with van der Waals surface area (Å²) in [4.78, 5) is 55.4. The Morgan fingerprint density at radius 2 is 1.52 bits per heavy atom. The molecule has 0 saturated carbocycles. The molecule has 0 aliphatic heterocycles. The van der Waals surface area contributed by atoms with Crippen LogP contribution < -0.4 is 16.0 Å². The number of nitro benzene ring substituents is 1. The highest BCUT2D eigenvalue weighted by Gasteiger charge is 2.19. The van der Waals surface area contributed by atoms with Crippen LogP contribution in [-0.2, 0) is 9.59 Å². The molecule has 1 heterocycles. The van der Waals surface area contributed by atoms with E-state index in [0.29, 0.717) is 16.4 Å². The van der Waals surface area contributed by atoms with Gasteiger partial charge >= 0.3 is 0 Å². The Hall–Kier alpha value is -5.59. The smallest absolute Gasteiger partial charge is 0.276 e. The van der Waals surface area contributed by atoms with Crippen molar-refractivity contribution in [1.29, 1.82) is 0 Å². The van der Waals surface area contributed by atoms with Crippen LogP contribution in [0.5, 0.6) is 0 Å². The Morgan fingerprint density at radius 1 is 0.870 bits per heavy atom. The summed E-state index contributed by atoms with van der Waals surface area (Å²) in [5, 5.41) is 21.7. The highest BCUT2D eigenvalue weighted by atomic mass is 32.2. The molecule has 0 radical (unpaired) electrons. The first-order chi connectivity index (χ1) is 22.3. The van der Waals surface area contributed by atoms with Crippen molar-refractivity contribution in [1.82, 2.24) is 10.3 Å². The number of aromatic nitrogens is 1. The SMILES string of the molecule is CC(Sc1ccc(NC(=O)/C(=C/c2ccccc2[N+](=O)[O-])NC(=O)c2ccccc2)cc1)C(=O)Nc1nc(-c2ccccc2)cs1. The molecule has 0 bridgehead atoms. The number of hydrogen-bond acceptors (Lipinski definition) is 8. The molecule has 12 heteroatoms. The van der Waals surface area contributed by atoms with Gasteiger partial charge in [-0.2, -0.15) is 0 Å². The van der Waals surface area contributed by atoms with Crippen LogP contribution in [0.3, 0.4) is 0 Å². The molecule has 0 saturated heterocycles. The van der Waals surface area contributed by atoms with Crippen LogP contribution in [0.1, 0.15) is 22.8 Å². The molecule has 0 aliphatic rings. The van der Waals surface area contributed by atoms with E-state index in [2.05, 4.69) is 20.9 Å². The fraction of sp³-hybridized carbons (Fsp3) is 0.0588. The molecule has 0 aliphatic carbocycles. The highest BCUT2D eigenvalue weighted by Crippen LogP contribution is 2.28. The lowest BCUT2D eigenvalue weighted by Crippen LogP contribution is -2.30. The van der Waals surface area contributed by atoms with Crippen LogP contribution in [0, 0.1) is 10.1 Å². The molecule has 4 aromatic carbocycles. The maximum atomic E-state index is 13.4. The number of amides is 3. The zero-order valence-electron chi connectivity index (χ0n) is 24.4. The number of benzene rings is 4. The number of nitrogens with zero attached hydrogens (tertiary/aromatic N) is 2. The zero-order valence-corrected chi connectivity index (χ0v) is 26.0. The molecule has 10 nitrogen and oxygen atoms in total. The predicted molar refractivity (Wildman–Crippen MR) is 182 cm³/mol. The summed E-state index contributed by atoms with van der Waals surface area (Å²) < 4.78 is 0. The minimum Gasteiger partial charge on any atom is -0.321 e. The van der Waals surface area contributed by atoms with Gasteiger partial charge in [-0.15, -0.1) is 23.1 Å². The average Bonchev–Trinajstić information content (AvgIpc) is 3.54. The molecule has 46 heavy (non-hydrogen) atoms. The van der Waals surface area contributed by atoms with Gasteiger partial charge in [0, 0.05) is 33.2 Å². The van der Waals surface area contributed by atoms with E-state index in [4.69, 9.17) is 0 Å². The molecule has 3 amide bonds. The molecule has 1 atom stereocenters. The summed E-state index contributed by atoms with van der Waals surface area (Å²) in [6.45, 7) is 1.79. The van der Waals surface area contributed by atoms with Gasteiger partial charge in [0.05, 0.1) is 21.4 Å². The van der Waals surface area contributed by atoms with E-state index in [9.17, 15) is 24.5 Å². The topological polar surface area (TPSA) is 143 Å².